The third kappa shape index (κ3) is 4.14. The van der Waals surface area contributed by atoms with Gasteiger partial charge >= 0.3 is 0 Å². The van der Waals surface area contributed by atoms with Crippen LogP contribution in [0.4, 0.5) is 0 Å². The standard InChI is InChI=1S/C14H19NO3S/c16-14-8-10-15(11-9-14)19(17,18)12-4-7-13-5-2-1-3-6-13/h1-3,5-6H,4,7-12H2. The Hall–Kier alpha value is -1.20. The van der Waals surface area contributed by atoms with Crippen LogP contribution in [0.15, 0.2) is 30.3 Å². The zero-order valence-electron chi connectivity index (χ0n) is 10.9. The molecule has 5 heteroatoms. The van der Waals surface area contributed by atoms with E-state index in [2.05, 4.69) is 0 Å². The van der Waals surface area contributed by atoms with Crippen LogP contribution in [0.3, 0.4) is 0 Å². The van der Waals surface area contributed by atoms with Gasteiger partial charge in [0, 0.05) is 25.9 Å². The van der Waals surface area contributed by atoms with E-state index in [1.807, 2.05) is 30.3 Å². The van der Waals surface area contributed by atoms with Crippen molar-refractivity contribution in [2.24, 2.45) is 0 Å². The molecule has 0 unspecified atom stereocenters. The number of sulfonamides is 1. The molecule has 1 aliphatic rings. The van der Waals surface area contributed by atoms with Gasteiger partial charge in [-0.2, -0.15) is 0 Å². The number of hydrogen-bond acceptors (Lipinski definition) is 3. The Morgan fingerprint density at radius 3 is 2.32 bits per heavy atom. The highest BCUT2D eigenvalue weighted by atomic mass is 32.2. The molecule has 0 saturated carbocycles. The first-order chi connectivity index (χ1) is 9.08. The molecule has 1 heterocycles. The number of carbonyl (C=O) groups is 1. The van der Waals surface area contributed by atoms with E-state index in [4.69, 9.17) is 0 Å². The molecule has 0 aromatic heterocycles. The lowest BCUT2D eigenvalue weighted by atomic mass is 10.1. The van der Waals surface area contributed by atoms with Gasteiger partial charge in [0.2, 0.25) is 10.0 Å². The van der Waals surface area contributed by atoms with Gasteiger partial charge in [-0.15, -0.1) is 0 Å². The molecular formula is C14H19NO3S. The van der Waals surface area contributed by atoms with E-state index < -0.39 is 10.0 Å². The van der Waals surface area contributed by atoms with E-state index in [0.717, 1.165) is 12.0 Å². The first kappa shape index (κ1) is 14.2. The molecule has 0 spiro atoms. The molecule has 0 amide bonds. The minimum atomic E-state index is -3.20. The summed E-state index contributed by atoms with van der Waals surface area (Å²) in [5, 5.41) is 0. The number of piperidine rings is 1. The van der Waals surface area contributed by atoms with Crippen LogP contribution in [-0.2, 0) is 21.2 Å². The molecule has 0 atom stereocenters. The predicted molar refractivity (Wildman–Crippen MR) is 74.4 cm³/mol. The number of carbonyl (C=O) groups excluding carboxylic acids is 1. The predicted octanol–water partition coefficient (Wildman–Crippen LogP) is 1.61. The van der Waals surface area contributed by atoms with Crippen LogP contribution < -0.4 is 0 Å². The van der Waals surface area contributed by atoms with Crippen molar-refractivity contribution in [1.82, 2.24) is 4.31 Å². The van der Waals surface area contributed by atoms with E-state index in [1.165, 1.54) is 4.31 Å². The van der Waals surface area contributed by atoms with Crippen molar-refractivity contribution >= 4 is 15.8 Å². The molecule has 19 heavy (non-hydrogen) atoms. The number of benzene rings is 1. The second-order valence-corrected chi connectivity index (χ2v) is 6.93. The Morgan fingerprint density at radius 1 is 1.05 bits per heavy atom. The van der Waals surface area contributed by atoms with Gasteiger partial charge in [0.25, 0.3) is 0 Å². The van der Waals surface area contributed by atoms with Crippen molar-refractivity contribution in [2.45, 2.75) is 25.7 Å². The van der Waals surface area contributed by atoms with Crippen LogP contribution in [0.1, 0.15) is 24.8 Å². The third-order valence-electron chi connectivity index (χ3n) is 3.38. The summed E-state index contributed by atoms with van der Waals surface area (Å²) in [7, 11) is -3.20. The van der Waals surface area contributed by atoms with Gasteiger partial charge in [-0.25, -0.2) is 12.7 Å². The quantitative estimate of drug-likeness (QED) is 0.824. The minimum absolute atomic E-state index is 0.163. The fraction of sp³-hybridized carbons (Fsp3) is 0.500. The van der Waals surface area contributed by atoms with Crippen molar-refractivity contribution in [3.05, 3.63) is 35.9 Å². The molecule has 0 N–H and O–H groups in total. The van der Waals surface area contributed by atoms with Crippen LogP contribution in [-0.4, -0.2) is 37.3 Å². The zero-order chi connectivity index (χ0) is 13.7. The second-order valence-electron chi connectivity index (χ2n) is 4.84. The summed E-state index contributed by atoms with van der Waals surface area (Å²) in [6, 6.07) is 9.88. The second kappa shape index (κ2) is 6.30. The Morgan fingerprint density at radius 2 is 1.68 bits per heavy atom. The van der Waals surface area contributed by atoms with Gasteiger partial charge in [0.05, 0.1) is 5.75 Å². The average Bonchev–Trinajstić information content (AvgIpc) is 2.40. The lowest BCUT2D eigenvalue weighted by Crippen LogP contribution is -2.39. The number of Topliss-reactive ketones (excluding diaryl/α,β-unsaturated/α-hetero) is 1. The lowest BCUT2D eigenvalue weighted by molar-refractivity contribution is -0.120. The molecule has 0 radical (unpaired) electrons. The molecule has 1 aliphatic heterocycles. The summed E-state index contributed by atoms with van der Waals surface area (Å²) < 4.78 is 25.7. The summed E-state index contributed by atoms with van der Waals surface area (Å²) in [6.07, 6.45) is 2.11. The monoisotopic (exact) mass is 281 g/mol. The first-order valence-electron chi connectivity index (χ1n) is 6.61. The van der Waals surface area contributed by atoms with Crippen LogP contribution in [0.25, 0.3) is 0 Å². The topological polar surface area (TPSA) is 54.5 Å². The first-order valence-corrected chi connectivity index (χ1v) is 8.22. The van der Waals surface area contributed by atoms with Crippen molar-refractivity contribution in [1.29, 1.82) is 0 Å². The highest BCUT2D eigenvalue weighted by Crippen LogP contribution is 2.13. The lowest BCUT2D eigenvalue weighted by Gasteiger charge is -2.25. The molecule has 1 fully saturated rings. The Labute approximate surface area is 114 Å². The van der Waals surface area contributed by atoms with Gasteiger partial charge in [0.1, 0.15) is 5.78 Å². The molecule has 4 nitrogen and oxygen atoms in total. The Balaban J connectivity index is 1.83. The van der Waals surface area contributed by atoms with Crippen molar-refractivity contribution in [3.8, 4) is 0 Å². The van der Waals surface area contributed by atoms with Gasteiger partial charge in [-0.1, -0.05) is 30.3 Å². The smallest absolute Gasteiger partial charge is 0.214 e. The summed E-state index contributed by atoms with van der Waals surface area (Å²) in [5.74, 6) is 0.326. The average molecular weight is 281 g/mol. The maximum Gasteiger partial charge on any atom is 0.214 e. The largest absolute Gasteiger partial charge is 0.300 e. The van der Waals surface area contributed by atoms with E-state index >= 15 is 0 Å². The molecule has 0 bridgehead atoms. The number of ketones is 1. The van der Waals surface area contributed by atoms with E-state index in [9.17, 15) is 13.2 Å². The minimum Gasteiger partial charge on any atom is -0.300 e. The molecule has 1 aromatic carbocycles. The molecular weight excluding hydrogens is 262 g/mol. The van der Waals surface area contributed by atoms with Gasteiger partial charge in [-0.3, -0.25) is 4.79 Å². The summed E-state index contributed by atoms with van der Waals surface area (Å²) in [4.78, 5) is 11.1. The van der Waals surface area contributed by atoms with Crippen LogP contribution in [0.5, 0.6) is 0 Å². The van der Waals surface area contributed by atoms with Gasteiger partial charge < -0.3 is 0 Å². The van der Waals surface area contributed by atoms with Crippen molar-refractivity contribution < 1.29 is 13.2 Å². The van der Waals surface area contributed by atoms with E-state index in [1.54, 1.807) is 0 Å². The fourth-order valence-corrected chi connectivity index (χ4v) is 3.75. The summed E-state index contributed by atoms with van der Waals surface area (Å²) >= 11 is 0. The SMILES string of the molecule is O=C1CCN(S(=O)(=O)CCCc2ccccc2)CC1. The van der Waals surface area contributed by atoms with Crippen LogP contribution in [0, 0.1) is 0 Å². The van der Waals surface area contributed by atoms with Gasteiger partial charge in [-0.05, 0) is 18.4 Å². The highest BCUT2D eigenvalue weighted by molar-refractivity contribution is 7.89. The van der Waals surface area contributed by atoms with Crippen LogP contribution >= 0.6 is 0 Å². The van der Waals surface area contributed by atoms with E-state index in [0.29, 0.717) is 32.4 Å². The maximum absolute atomic E-state index is 12.1. The molecule has 104 valence electrons. The molecule has 2 rings (SSSR count). The summed E-state index contributed by atoms with van der Waals surface area (Å²) in [5.41, 5.74) is 1.16. The van der Waals surface area contributed by atoms with Crippen molar-refractivity contribution in [3.63, 3.8) is 0 Å². The van der Waals surface area contributed by atoms with E-state index in [-0.39, 0.29) is 11.5 Å². The maximum atomic E-state index is 12.1. The number of aryl methyl sites for hydroxylation is 1. The Bertz CT molecular complexity index is 515. The molecule has 0 aliphatic carbocycles. The third-order valence-corrected chi connectivity index (χ3v) is 5.34. The number of hydrogen-bond donors (Lipinski definition) is 0. The number of rotatable bonds is 5. The fourth-order valence-electron chi connectivity index (χ4n) is 2.25. The van der Waals surface area contributed by atoms with Gasteiger partial charge in [0.15, 0.2) is 0 Å². The zero-order valence-corrected chi connectivity index (χ0v) is 11.7. The van der Waals surface area contributed by atoms with Crippen LogP contribution in [0.2, 0.25) is 0 Å². The molecule has 1 aromatic rings. The number of nitrogens with zero attached hydrogens (tertiary/aromatic N) is 1. The Kier molecular flexibility index (Phi) is 4.71. The van der Waals surface area contributed by atoms with Crippen molar-refractivity contribution in [2.75, 3.05) is 18.8 Å². The molecule has 1 saturated heterocycles. The normalized spacial score (nSPS) is 17.6. The summed E-state index contributed by atoms with van der Waals surface area (Å²) in [6.45, 7) is 0.707. The highest BCUT2D eigenvalue weighted by Gasteiger charge is 2.26.